The van der Waals surface area contributed by atoms with Gasteiger partial charge < -0.3 is 15.0 Å². The number of morpholine rings is 1. The zero-order valence-corrected chi connectivity index (χ0v) is 11.5. The summed E-state index contributed by atoms with van der Waals surface area (Å²) in [6.45, 7) is 8.87. The van der Waals surface area contributed by atoms with Crippen molar-refractivity contribution in [1.82, 2.24) is 10.2 Å². The van der Waals surface area contributed by atoms with E-state index in [1.807, 2.05) is 11.9 Å². The summed E-state index contributed by atoms with van der Waals surface area (Å²) >= 11 is 0. The van der Waals surface area contributed by atoms with Crippen molar-refractivity contribution in [1.29, 1.82) is 0 Å². The van der Waals surface area contributed by atoms with Crippen LogP contribution in [0.15, 0.2) is 0 Å². The average Bonchev–Trinajstić information content (AvgIpc) is 2.28. The maximum atomic E-state index is 12.1. The van der Waals surface area contributed by atoms with Gasteiger partial charge in [-0.15, -0.1) is 0 Å². The highest BCUT2D eigenvalue weighted by Crippen LogP contribution is 2.12. The molecular formula is C13H26N2O2. The largest absolute Gasteiger partial charge is 0.375 e. The predicted octanol–water partition coefficient (Wildman–Crippen LogP) is 1.26. The smallest absolute Gasteiger partial charge is 0.225 e. The standard InChI is InChI=1S/C13H26N2O2/c1-10(2)7-11(3)15(4)13(16)8-12-9-14-5-6-17-12/h10-12,14H,5-9H2,1-4H3. The third-order valence-electron chi connectivity index (χ3n) is 3.27. The normalized spacial score (nSPS) is 22.5. The van der Waals surface area contributed by atoms with Crippen LogP contribution >= 0.6 is 0 Å². The van der Waals surface area contributed by atoms with Gasteiger partial charge >= 0.3 is 0 Å². The third kappa shape index (κ3) is 5.04. The molecule has 0 saturated carbocycles. The maximum Gasteiger partial charge on any atom is 0.225 e. The van der Waals surface area contributed by atoms with Crippen LogP contribution in [0.1, 0.15) is 33.6 Å². The summed E-state index contributed by atoms with van der Waals surface area (Å²) in [7, 11) is 1.89. The van der Waals surface area contributed by atoms with Gasteiger partial charge in [-0.2, -0.15) is 0 Å². The van der Waals surface area contributed by atoms with Gasteiger partial charge in [0.1, 0.15) is 0 Å². The number of ether oxygens (including phenoxy) is 1. The molecule has 1 saturated heterocycles. The Morgan fingerprint density at radius 1 is 1.47 bits per heavy atom. The van der Waals surface area contributed by atoms with Crippen LogP contribution in [0.3, 0.4) is 0 Å². The molecule has 0 bridgehead atoms. The molecule has 2 unspecified atom stereocenters. The average molecular weight is 242 g/mol. The van der Waals surface area contributed by atoms with E-state index in [1.54, 1.807) is 0 Å². The van der Waals surface area contributed by atoms with Crippen LogP contribution in [-0.2, 0) is 9.53 Å². The highest BCUT2D eigenvalue weighted by atomic mass is 16.5. The number of carbonyl (C=O) groups excluding carboxylic acids is 1. The molecule has 1 N–H and O–H groups in total. The van der Waals surface area contributed by atoms with E-state index < -0.39 is 0 Å². The van der Waals surface area contributed by atoms with Crippen molar-refractivity contribution in [3.05, 3.63) is 0 Å². The topological polar surface area (TPSA) is 41.6 Å². The molecule has 0 aromatic rings. The lowest BCUT2D eigenvalue weighted by Gasteiger charge is -2.29. The van der Waals surface area contributed by atoms with Crippen molar-refractivity contribution in [3.63, 3.8) is 0 Å². The monoisotopic (exact) mass is 242 g/mol. The molecule has 4 nitrogen and oxygen atoms in total. The van der Waals surface area contributed by atoms with Crippen molar-refractivity contribution in [2.75, 3.05) is 26.7 Å². The molecule has 4 heteroatoms. The Balaban J connectivity index is 2.34. The van der Waals surface area contributed by atoms with Crippen LogP contribution in [0.2, 0.25) is 0 Å². The van der Waals surface area contributed by atoms with Gasteiger partial charge in [0.25, 0.3) is 0 Å². The van der Waals surface area contributed by atoms with Gasteiger partial charge in [-0.05, 0) is 19.3 Å². The molecule has 0 spiro atoms. The second-order valence-electron chi connectivity index (χ2n) is 5.38. The summed E-state index contributed by atoms with van der Waals surface area (Å²) in [6.07, 6.45) is 1.59. The molecular weight excluding hydrogens is 216 g/mol. The van der Waals surface area contributed by atoms with Crippen molar-refractivity contribution < 1.29 is 9.53 Å². The zero-order valence-electron chi connectivity index (χ0n) is 11.5. The number of nitrogens with zero attached hydrogens (tertiary/aromatic N) is 1. The molecule has 0 aromatic carbocycles. The lowest BCUT2D eigenvalue weighted by Crippen LogP contribution is -2.43. The van der Waals surface area contributed by atoms with Gasteiger partial charge in [0.2, 0.25) is 5.91 Å². The van der Waals surface area contributed by atoms with Crippen molar-refractivity contribution >= 4 is 5.91 Å². The van der Waals surface area contributed by atoms with E-state index in [4.69, 9.17) is 4.74 Å². The predicted molar refractivity (Wildman–Crippen MR) is 68.9 cm³/mol. The van der Waals surface area contributed by atoms with Crippen LogP contribution in [-0.4, -0.2) is 49.7 Å². The third-order valence-corrected chi connectivity index (χ3v) is 3.27. The minimum Gasteiger partial charge on any atom is -0.375 e. The number of hydrogen-bond donors (Lipinski definition) is 1. The first-order valence-corrected chi connectivity index (χ1v) is 6.58. The van der Waals surface area contributed by atoms with E-state index in [1.165, 1.54) is 0 Å². The van der Waals surface area contributed by atoms with E-state index in [2.05, 4.69) is 26.1 Å². The molecule has 100 valence electrons. The summed E-state index contributed by atoms with van der Waals surface area (Å²) < 4.78 is 5.55. The molecule has 0 aliphatic carbocycles. The Morgan fingerprint density at radius 3 is 2.71 bits per heavy atom. The summed E-state index contributed by atoms with van der Waals surface area (Å²) in [5.41, 5.74) is 0. The number of hydrogen-bond acceptors (Lipinski definition) is 3. The van der Waals surface area contributed by atoms with E-state index in [-0.39, 0.29) is 12.0 Å². The van der Waals surface area contributed by atoms with Crippen molar-refractivity contribution in [2.45, 2.75) is 45.8 Å². The van der Waals surface area contributed by atoms with Crippen LogP contribution in [0.25, 0.3) is 0 Å². The zero-order chi connectivity index (χ0) is 12.8. The molecule has 1 fully saturated rings. The SMILES string of the molecule is CC(C)CC(C)N(C)C(=O)CC1CNCCO1. The van der Waals surface area contributed by atoms with E-state index in [9.17, 15) is 4.79 Å². The summed E-state index contributed by atoms with van der Waals surface area (Å²) in [4.78, 5) is 13.9. The summed E-state index contributed by atoms with van der Waals surface area (Å²) in [6, 6.07) is 0.305. The summed E-state index contributed by atoms with van der Waals surface area (Å²) in [5.74, 6) is 0.805. The fraction of sp³-hybridized carbons (Fsp3) is 0.923. The van der Waals surface area contributed by atoms with Gasteiger partial charge in [-0.1, -0.05) is 13.8 Å². The Morgan fingerprint density at radius 2 is 2.18 bits per heavy atom. The van der Waals surface area contributed by atoms with E-state index in [0.29, 0.717) is 25.0 Å². The molecule has 1 aliphatic heterocycles. The van der Waals surface area contributed by atoms with Crippen LogP contribution in [0.5, 0.6) is 0 Å². The number of carbonyl (C=O) groups is 1. The molecule has 0 aromatic heterocycles. The Bertz CT molecular complexity index is 238. The Hall–Kier alpha value is -0.610. The molecule has 1 rings (SSSR count). The first kappa shape index (κ1) is 14.5. The molecule has 0 radical (unpaired) electrons. The van der Waals surface area contributed by atoms with E-state index in [0.717, 1.165) is 19.5 Å². The first-order valence-electron chi connectivity index (χ1n) is 6.58. The van der Waals surface area contributed by atoms with Gasteiger partial charge in [0, 0.05) is 26.2 Å². The fourth-order valence-corrected chi connectivity index (χ4v) is 2.18. The van der Waals surface area contributed by atoms with Gasteiger partial charge in [-0.25, -0.2) is 0 Å². The first-order chi connectivity index (χ1) is 8.00. The Labute approximate surface area is 105 Å². The molecule has 1 amide bonds. The van der Waals surface area contributed by atoms with E-state index >= 15 is 0 Å². The fourth-order valence-electron chi connectivity index (χ4n) is 2.18. The second-order valence-corrected chi connectivity index (χ2v) is 5.38. The minimum absolute atomic E-state index is 0.0462. The van der Waals surface area contributed by atoms with Crippen LogP contribution < -0.4 is 5.32 Å². The highest BCUT2D eigenvalue weighted by molar-refractivity contribution is 5.76. The number of rotatable bonds is 5. The molecule has 1 aliphatic rings. The molecule has 1 heterocycles. The van der Waals surface area contributed by atoms with Crippen LogP contribution in [0.4, 0.5) is 0 Å². The van der Waals surface area contributed by atoms with Crippen molar-refractivity contribution in [2.24, 2.45) is 5.92 Å². The number of nitrogens with one attached hydrogen (secondary N) is 1. The number of amides is 1. The lowest BCUT2D eigenvalue weighted by molar-refractivity contribution is -0.135. The van der Waals surface area contributed by atoms with Gasteiger partial charge in [-0.3, -0.25) is 4.79 Å². The van der Waals surface area contributed by atoms with Crippen molar-refractivity contribution in [3.8, 4) is 0 Å². The molecule has 17 heavy (non-hydrogen) atoms. The Kier molecular flexibility index (Phi) is 5.92. The quantitative estimate of drug-likeness (QED) is 0.789. The second kappa shape index (κ2) is 6.97. The minimum atomic E-state index is 0.0462. The van der Waals surface area contributed by atoms with Crippen LogP contribution in [0, 0.1) is 5.92 Å². The maximum absolute atomic E-state index is 12.1. The molecule has 2 atom stereocenters. The van der Waals surface area contributed by atoms with Gasteiger partial charge in [0.05, 0.1) is 19.1 Å². The van der Waals surface area contributed by atoms with Gasteiger partial charge in [0.15, 0.2) is 0 Å². The highest BCUT2D eigenvalue weighted by Gasteiger charge is 2.22. The lowest BCUT2D eigenvalue weighted by atomic mass is 10.0. The summed E-state index contributed by atoms with van der Waals surface area (Å²) in [5, 5.41) is 3.24.